The summed E-state index contributed by atoms with van der Waals surface area (Å²) in [4.78, 5) is 13.2. The number of hydrogen-bond acceptors (Lipinski definition) is 4. The monoisotopic (exact) mass is 324 g/mol. The van der Waals surface area contributed by atoms with Crippen molar-refractivity contribution in [1.82, 2.24) is 4.90 Å². The van der Waals surface area contributed by atoms with Crippen LogP contribution in [0.2, 0.25) is 0 Å². The second-order valence-electron chi connectivity index (χ2n) is 5.81. The van der Waals surface area contributed by atoms with Crippen LogP contribution in [0.5, 0.6) is 5.75 Å². The number of nitro benzene ring substituents is 1. The van der Waals surface area contributed by atoms with E-state index in [1.54, 1.807) is 12.1 Å². The highest BCUT2D eigenvalue weighted by molar-refractivity contribution is 5.62. The molecule has 0 saturated carbocycles. The number of rotatable bonds is 6. The highest BCUT2D eigenvalue weighted by atomic mass is 16.6. The van der Waals surface area contributed by atoms with Crippen LogP contribution in [0.25, 0.3) is 6.08 Å². The minimum atomic E-state index is -0.362. The molecule has 1 fully saturated rings. The molecule has 0 bridgehead atoms. The van der Waals surface area contributed by atoms with Crippen LogP contribution in [0.1, 0.15) is 24.0 Å². The Bertz CT molecular complexity index is 723. The Labute approximate surface area is 141 Å². The van der Waals surface area contributed by atoms with Gasteiger partial charge in [0.25, 0.3) is 5.69 Å². The molecule has 0 atom stereocenters. The molecule has 0 amide bonds. The lowest BCUT2D eigenvalue weighted by Gasteiger charge is -2.10. The molecule has 0 aliphatic carbocycles. The van der Waals surface area contributed by atoms with Crippen molar-refractivity contribution in [2.75, 3.05) is 13.1 Å². The normalized spacial score (nSPS) is 14.2. The zero-order valence-electron chi connectivity index (χ0n) is 13.4. The van der Waals surface area contributed by atoms with Crippen molar-refractivity contribution in [3.05, 3.63) is 76.0 Å². The molecule has 0 N–H and O–H groups in total. The lowest BCUT2D eigenvalue weighted by Crippen LogP contribution is -2.10. The van der Waals surface area contributed by atoms with Crippen LogP contribution >= 0.6 is 0 Å². The SMILES string of the molecule is O=[N+]([O-])c1cc(OCc2ccccc2)ccc1/C=C/N1CCCC1. The Morgan fingerprint density at radius 3 is 2.58 bits per heavy atom. The minimum absolute atomic E-state index is 0.0657. The smallest absolute Gasteiger partial charge is 0.280 e. The van der Waals surface area contributed by atoms with E-state index in [4.69, 9.17) is 4.74 Å². The fraction of sp³-hybridized carbons (Fsp3) is 0.263. The Hall–Kier alpha value is -2.82. The topological polar surface area (TPSA) is 55.6 Å². The maximum absolute atomic E-state index is 11.3. The van der Waals surface area contributed by atoms with E-state index < -0.39 is 0 Å². The summed E-state index contributed by atoms with van der Waals surface area (Å²) in [5.74, 6) is 0.504. The molecule has 2 aromatic carbocycles. The van der Waals surface area contributed by atoms with Crippen molar-refractivity contribution >= 4 is 11.8 Å². The summed E-state index contributed by atoms with van der Waals surface area (Å²) in [7, 11) is 0. The first-order valence-corrected chi connectivity index (χ1v) is 8.10. The maximum Gasteiger partial charge on any atom is 0.280 e. The van der Waals surface area contributed by atoms with Gasteiger partial charge in [-0.25, -0.2) is 0 Å². The predicted octanol–water partition coefficient (Wildman–Crippen LogP) is 4.24. The van der Waals surface area contributed by atoms with Crippen molar-refractivity contribution in [2.24, 2.45) is 0 Å². The summed E-state index contributed by atoms with van der Waals surface area (Å²) in [6, 6.07) is 14.7. The molecule has 0 spiro atoms. The second kappa shape index (κ2) is 7.64. The summed E-state index contributed by atoms with van der Waals surface area (Å²) >= 11 is 0. The number of benzene rings is 2. The molecule has 0 aromatic heterocycles. The van der Waals surface area contributed by atoms with Gasteiger partial charge in [0, 0.05) is 13.1 Å². The molecular weight excluding hydrogens is 304 g/mol. The van der Waals surface area contributed by atoms with Crippen LogP contribution in [-0.4, -0.2) is 22.9 Å². The summed E-state index contributed by atoms with van der Waals surface area (Å²) in [6.45, 7) is 2.42. The molecule has 0 unspecified atom stereocenters. The Balaban J connectivity index is 1.73. The van der Waals surface area contributed by atoms with Crippen LogP contribution in [0.4, 0.5) is 5.69 Å². The van der Waals surface area contributed by atoms with Gasteiger partial charge >= 0.3 is 0 Å². The lowest BCUT2D eigenvalue weighted by atomic mass is 10.1. The second-order valence-corrected chi connectivity index (χ2v) is 5.81. The van der Waals surface area contributed by atoms with Crippen LogP contribution in [0, 0.1) is 10.1 Å². The molecule has 5 heteroatoms. The van der Waals surface area contributed by atoms with E-state index in [-0.39, 0.29) is 10.6 Å². The van der Waals surface area contributed by atoms with E-state index >= 15 is 0 Å². The first kappa shape index (κ1) is 16.1. The molecule has 24 heavy (non-hydrogen) atoms. The first-order chi connectivity index (χ1) is 11.7. The molecule has 1 aliphatic heterocycles. The first-order valence-electron chi connectivity index (χ1n) is 8.10. The van der Waals surface area contributed by atoms with Gasteiger partial charge in [-0.2, -0.15) is 0 Å². The van der Waals surface area contributed by atoms with Crippen molar-refractivity contribution in [1.29, 1.82) is 0 Å². The summed E-state index contributed by atoms with van der Waals surface area (Å²) < 4.78 is 5.68. The zero-order chi connectivity index (χ0) is 16.8. The van der Waals surface area contributed by atoms with Gasteiger partial charge in [0.05, 0.1) is 16.6 Å². The molecule has 124 valence electrons. The van der Waals surface area contributed by atoms with Gasteiger partial charge in [0.1, 0.15) is 12.4 Å². The van der Waals surface area contributed by atoms with E-state index in [1.807, 2.05) is 42.6 Å². The zero-order valence-corrected chi connectivity index (χ0v) is 13.4. The molecule has 1 heterocycles. The predicted molar refractivity (Wildman–Crippen MR) is 93.7 cm³/mol. The number of nitro groups is 1. The fourth-order valence-corrected chi connectivity index (χ4v) is 2.73. The molecular formula is C19H20N2O3. The summed E-state index contributed by atoms with van der Waals surface area (Å²) in [5, 5.41) is 11.3. The number of ether oxygens (including phenoxy) is 1. The maximum atomic E-state index is 11.3. The van der Waals surface area contributed by atoms with Crippen molar-refractivity contribution < 1.29 is 9.66 Å². The molecule has 5 nitrogen and oxygen atoms in total. The molecule has 2 aromatic rings. The highest BCUT2D eigenvalue weighted by Crippen LogP contribution is 2.27. The van der Waals surface area contributed by atoms with Crippen LogP contribution in [-0.2, 0) is 6.61 Å². The average molecular weight is 324 g/mol. The Kier molecular flexibility index (Phi) is 5.11. The van der Waals surface area contributed by atoms with Gasteiger partial charge in [-0.1, -0.05) is 30.3 Å². The fourth-order valence-electron chi connectivity index (χ4n) is 2.73. The third-order valence-corrected chi connectivity index (χ3v) is 4.05. The number of likely N-dealkylation sites (tertiary alicyclic amines) is 1. The largest absolute Gasteiger partial charge is 0.489 e. The molecule has 0 radical (unpaired) electrons. The van der Waals surface area contributed by atoms with Gasteiger partial charge < -0.3 is 9.64 Å². The quantitative estimate of drug-likeness (QED) is 0.589. The standard InChI is InChI=1S/C19H20N2O3/c22-21(23)19-14-18(24-15-16-6-2-1-3-7-16)9-8-17(19)10-13-20-11-4-5-12-20/h1-3,6-10,13-14H,4-5,11-12,15H2/b13-10+. The van der Waals surface area contributed by atoms with Gasteiger partial charge in [-0.3, -0.25) is 10.1 Å². The van der Waals surface area contributed by atoms with Crippen molar-refractivity contribution in [2.45, 2.75) is 19.4 Å². The molecule has 1 saturated heterocycles. The minimum Gasteiger partial charge on any atom is -0.489 e. The van der Waals surface area contributed by atoms with Gasteiger partial charge in [0.2, 0.25) is 0 Å². The summed E-state index contributed by atoms with van der Waals surface area (Å²) in [6.07, 6.45) is 6.11. The molecule has 3 rings (SSSR count). The Morgan fingerprint density at radius 1 is 1.12 bits per heavy atom. The van der Waals surface area contributed by atoms with E-state index in [9.17, 15) is 10.1 Å². The van der Waals surface area contributed by atoms with Gasteiger partial charge in [-0.05, 0) is 42.8 Å². The number of hydrogen-bond donors (Lipinski definition) is 0. The van der Waals surface area contributed by atoms with Crippen molar-refractivity contribution in [3.8, 4) is 5.75 Å². The Morgan fingerprint density at radius 2 is 1.88 bits per heavy atom. The van der Waals surface area contributed by atoms with Crippen LogP contribution in [0.15, 0.2) is 54.7 Å². The summed E-state index contributed by atoms with van der Waals surface area (Å²) in [5.41, 5.74) is 1.69. The van der Waals surface area contributed by atoms with E-state index in [1.165, 1.54) is 18.9 Å². The highest BCUT2D eigenvalue weighted by Gasteiger charge is 2.14. The lowest BCUT2D eigenvalue weighted by molar-refractivity contribution is -0.385. The number of nitrogens with zero attached hydrogens (tertiary/aromatic N) is 2. The van der Waals surface area contributed by atoms with Crippen molar-refractivity contribution in [3.63, 3.8) is 0 Å². The van der Waals surface area contributed by atoms with Crippen LogP contribution in [0.3, 0.4) is 0 Å². The third-order valence-electron chi connectivity index (χ3n) is 4.05. The van der Waals surface area contributed by atoms with E-state index in [2.05, 4.69) is 4.90 Å². The van der Waals surface area contributed by atoms with Gasteiger partial charge in [0.15, 0.2) is 0 Å². The average Bonchev–Trinajstić information content (AvgIpc) is 3.13. The molecule has 1 aliphatic rings. The third kappa shape index (κ3) is 4.13. The van der Waals surface area contributed by atoms with E-state index in [0.717, 1.165) is 18.7 Å². The van der Waals surface area contributed by atoms with Gasteiger partial charge in [-0.15, -0.1) is 0 Å². The van der Waals surface area contributed by atoms with Crippen LogP contribution < -0.4 is 4.74 Å². The van der Waals surface area contributed by atoms with E-state index in [0.29, 0.717) is 17.9 Å².